The van der Waals surface area contributed by atoms with E-state index in [9.17, 15) is 13.2 Å². The number of halogens is 2. The van der Waals surface area contributed by atoms with Gasteiger partial charge >= 0.3 is 16.2 Å². The molecule has 1 saturated heterocycles. The van der Waals surface area contributed by atoms with E-state index in [0.29, 0.717) is 0 Å². The van der Waals surface area contributed by atoms with E-state index in [4.69, 9.17) is 23.2 Å². The monoisotopic (exact) mass is 298 g/mol. The van der Waals surface area contributed by atoms with Gasteiger partial charge in [-0.3, -0.25) is 5.32 Å². The molecule has 1 rings (SSSR count). The van der Waals surface area contributed by atoms with Crippen LogP contribution in [-0.2, 0) is 10.2 Å². The van der Waals surface area contributed by atoms with Gasteiger partial charge in [-0.05, 0) is 0 Å². The van der Waals surface area contributed by atoms with Gasteiger partial charge in [-0.25, -0.2) is 4.79 Å². The molecule has 0 unspecified atom stereocenters. The van der Waals surface area contributed by atoms with Gasteiger partial charge in [0.25, 0.3) is 0 Å². The van der Waals surface area contributed by atoms with Crippen LogP contribution in [0.5, 0.6) is 0 Å². The van der Waals surface area contributed by atoms with E-state index in [1.165, 1.54) is 6.08 Å². The minimum Gasteiger partial charge on any atom is -0.302 e. The lowest BCUT2D eigenvalue weighted by molar-refractivity contribution is 0.250. The molecule has 1 heterocycles. The van der Waals surface area contributed by atoms with Gasteiger partial charge in [-0.15, -0.1) is 11.0 Å². The summed E-state index contributed by atoms with van der Waals surface area (Å²) in [6.07, 6.45) is 1.34. The van der Waals surface area contributed by atoms with Gasteiger partial charge < -0.3 is 5.32 Å². The minimum absolute atomic E-state index is 0.00808. The molecule has 0 aromatic carbocycles. The van der Waals surface area contributed by atoms with Crippen molar-refractivity contribution in [2.45, 2.75) is 0 Å². The van der Waals surface area contributed by atoms with Crippen LogP contribution in [0.15, 0.2) is 27.2 Å². The van der Waals surface area contributed by atoms with E-state index in [0.717, 1.165) is 0 Å². The molecule has 1 fully saturated rings. The summed E-state index contributed by atoms with van der Waals surface area (Å²) in [5.74, 6) is -0.272. The lowest BCUT2D eigenvalue weighted by atomic mass is 10.5. The van der Waals surface area contributed by atoms with E-state index in [-0.39, 0.29) is 22.6 Å². The van der Waals surface area contributed by atoms with Crippen LogP contribution in [-0.4, -0.2) is 26.8 Å². The third kappa shape index (κ3) is 4.00. The SMILES string of the molecule is C=CCNS(=O)(=O)/N=C1\NC(=O)NC1=C(Cl)Cl. The number of nitrogens with one attached hydrogen (secondary N) is 3. The van der Waals surface area contributed by atoms with Crippen molar-refractivity contribution in [2.75, 3.05) is 6.54 Å². The van der Waals surface area contributed by atoms with Gasteiger partial charge in [-0.1, -0.05) is 29.3 Å². The van der Waals surface area contributed by atoms with E-state index in [1.807, 2.05) is 0 Å². The fraction of sp³-hybridized carbons (Fsp3) is 0.143. The Morgan fingerprint density at radius 2 is 2.12 bits per heavy atom. The highest BCUT2D eigenvalue weighted by atomic mass is 35.5. The molecule has 2 amide bonds. The highest BCUT2D eigenvalue weighted by Gasteiger charge is 2.26. The molecule has 7 nitrogen and oxygen atoms in total. The van der Waals surface area contributed by atoms with Crippen LogP contribution in [0.2, 0.25) is 0 Å². The zero-order valence-electron chi connectivity index (χ0n) is 8.33. The second-order valence-electron chi connectivity index (χ2n) is 2.77. The van der Waals surface area contributed by atoms with E-state index in [2.05, 4.69) is 26.3 Å². The summed E-state index contributed by atoms with van der Waals surface area (Å²) < 4.78 is 27.9. The molecule has 0 radical (unpaired) electrons. The first kappa shape index (κ1) is 14.0. The summed E-state index contributed by atoms with van der Waals surface area (Å²) in [7, 11) is -3.96. The Hall–Kier alpha value is -1.09. The third-order valence-electron chi connectivity index (χ3n) is 1.52. The van der Waals surface area contributed by atoms with Gasteiger partial charge in [0.15, 0.2) is 5.84 Å². The number of nitrogens with zero attached hydrogens (tertiary/aromatic N) is 1. The van der Waals surface area contributed by atoms with Crippen LogP contribution >= 0.6 is 23.2 Å². The Kier molecular flexibility index (Phi) is 4.52. The molecule has 17 heavy (non-hydrogen) atoms. The van der Waals surface area contributed by atoms with Crippen molar-refractivity contribution in [3.63, 3.8) is 0 Å². The molecule has 1 aliphatic heterocycles. The first-order valence-electron chi connectivity index (χ1n) is 4.20. The Labute approximate surface area is 108 Å². The largest absolute Gasteiger partial charge is 0.325 e. The first-order chi connectivity index (χ1) is 7.85. The second-order valence-corrected chi connectivity index (χ2v) is 5.14. The number of hydrogen-bond donors (Lipinski definition) is 3. The standard InChI is InChI=1S/C7H8Cl2N4O3S/c1-2-3-10-17(15,16)13-6-4(5(8)9)11-7(14)12-6/h2,10H,1,3H2,(H2,11,12,13,14). The van der Waals surface area contributed by atoms with Crippen LogP contribution in [0.3, 0.4) is 0 Å². The van der Waals surface area contributed by atoms with E-state index in [1.54, 1.807) is 0 Å². The lowest BCUT2D eigenvalue weighted by Crippen LogP contribution is -2.27. The molecule has 0 atom stereocenters. The molecule has 10 heteroatoms. The summed E-state index contributed by atoms with van der Waals surface area (Å²) in [6.45, 7) is 3.35. The Morgan fingerprint density at radius 3 is 2.65 bits per heavy atom. The molecular formula is C7H8Cl2N4O3S. The van der Waals surface area contributed by atoms with Crippen molar-refractivity contribution in [1.29, 1.82) is 0 Å². The third-order valence-corrected chi connectivity index (χ3v) is 2.85. The molecule has 0 aromatic heterocycles. The number of amides is 2. The first-order valence-corrected chi connectivity index (χ1v) is 6.39. The van der Waals surface area contributed by atoms with Gasteiger partial charge in [-0.2, -0.15) is 13.1 Å². The van der Waals surface area contributed by atoms with Crippen LogP contribution < -0.4 is 15.4 Å². The summed E-state index contributed by atoms with van der Waals surface area (Å²) in [5, 5.41) is 4.35. The summed E-state index contributed by atoms with van der Waals surface area (Å²) >= 11 is 10.9. The van der Waals surface area contributed by atoms with Gasteiger partial charge in [0.2, 0.25) is 0 Å². The fourth-order valence-electron chi connectivity index (χ4n) is 0.896. The molecule has 0 aromatic rings. The quantitative estimate of drug-likeness (QED) is 0.654. The van der Waals surface area contributed by atoms with Crippen molar-refractivity contribution < 1.29 is 13.2 Å². The summed E-state index contributed by atoms with van der Waals surface area (Å²) in [6, 6.07) is -0.670. The maximum absolute atomic E-state index is 11.4. The average molecular weight is 299 g/mol. The Bertz CT molecular complexity index is 507. The summed E-state index contributed by atoms with van der Waals surface area (Å²) in [4.78, 5) is 11.0. The predicted molar refractivity (Wildman–Crippen MR) is 65.0 cm³/mol. The highest BCUT2D eigenvalue weighted by molar-refractivity contribution is 7.88. The Morgan fingerprint density at radius 1 is 1.47 bits per heavy atom. The van der Waals surface area contributed by atoms with E-state index >= 15 is 0 Å². The topological polar surface area (TPSA) is 99.7 Å². The van der Waals surface area contributed by atoms with Crippen molar-refractivity contribution in [3.05, 3.63) is 22.8 Å². The van der Waals surface area contributed by atoms with E-state index < -0.39 is 16.2 Å². The van der Waals surface area contributed by atoms with Gasteiger partial charge in [0.05, 0.1) is 0 Å². The van der Waals surface area contributed by atoms with Crippen LogP contribution in [0, 0.1) is 0 Å². The minimum atomic E-state index is -3.96. The van der Waals surface area contributed by atoms with Crippen LogP contribution in [0.4, 0.5) is 4.79 Å². The van der Waals surface area contributed by atoms with Crippen molar-refractivity contribution in [3.8, 4) is 0 Å². The zero-order valence-corrected chi connectivity index (χ0v) is 10.7. The number of hydrogen-bond acceptors (Lipinski definition) is 3. The number of rotatable bonds is 4. The molecule has 0 aliphatic carbocycles. The molecule has 1 aliphatic rings. The molecule has 94 valence electrons. The molecular weight excluding hydrogens is 291 g/mol. The van der Waals surface area contributed by atoms with Crippen molar-refractivity contribution in [2.24, 2.45) is 4.40 Å². The fourth-order valence-corrected chi connectivity index (χ4v) is 1.94. The van der Waals surface area contributed by atoms with Crippen molar-refractivity contribution >= 4 is 45.3 Å². The molecule has 0 saturated carbocycles. The maximum atomic E-state index is 11.4. The second kappa shape index (κ2) is 5.50. The molecule has 3 N–H and O–H groups in total. The van der Waals surface area contributed by atoms with Crippen LogP contribution in [0.1, 0.15) is 0 Å². The zero-order chi connectivity index (χ0) is 13.1. The number of amidine groups is 1. The number of carbonyl (C=O) groups excluding carboxylic acids is 1. The predicted octanol–water partition coefficient (Wildman–Crippen LogP) is 0.365. The van der Waals surface area contributed by atoms with Crippen molar-refractivity contribution in [1.82, 2.24) is 15.4 Å². The van der Waals surface area contributed by atoms with Gasteiger partial charge in [0.1, 0.15) is 10.2 Å². The van der Waals surface area contributed by atoms with Gasteiger partial charge in [0, 0.05) is 6.54 Å². The number of carbonyl (C=O) groups is 1. The maximum Gasteiger partial charge on any atom is 0.325 e. The van der Waals surface area contributed by atoms with Crippen LogP contribution in [0.25, 0.3) is 0 Å². The molecule has 0 spiro atoms. The lowest BCUT2D eigenvalue weighted by Gasteiger charge is -2.00. The normalized spacial score (nSPS) is 17.9. The average Bonchev–Trinajstić information content (AvgIpc) is 2.56. The Balaban J connectivity index is 3.03. The number of urea groups is 1. The molecule has 0 bridgehead atoms. The smallest absolute Gasteiger partial charge is 0.302 e. The summed E-state index contributed by atoms with van der Waals surface area (Å²) in [5.41, 5.74) is -0.0951. The highest BCUT2D eigenvalue weighted by Crippen LogP contribution is 2.15.